The molecular weight excluding hydrogens is 448 g/mol. The quantitative estimate of drug-likeness (QED) is 0.545. The van der Waals surface area contributed by atoms with Gasteiger partial charge in [-0.1, -0.05) is 30.3 Å². The van der Waals surface area contributed by atoms with Crippen LogP contribution in [0.15, 0.2) is 76.6 Å². The second-order valence-corrected chi connectivity index (χ2v) is 8.61. The molecule has 166 valence electrons. The first-order valence-electron chi connectivity index (χ1n) is 9.44. The van der Waals surface area contributed by atoms with Crippen LogP contribution in [-0.4, -0.2) is 27.0 Å². The molecule has 3 aromatic carbocycles. The zero-order valence-electron chi connectivity index (χ0n) is 16.4. The summed E-state index contributed by atoms with van der Waals surface area (Å²) in [6.07, 6.45) is -4.39. The highest BCUT2D eigenvalue weighted by atomic mass is 32.2. The van der Waals surface area contributed by atoms with Crippen LogP contribution in [0.25, 0.3) is 0 Å². The Bertz CT molecular complexity index is 1300. The van der Waals surface area contributed by atoms with E-state index in [0.717, 1.165) is 17.7 Å². The van der Waals surface area contributed by atoms with E-state index >= 15 is 0 Å². The molecule has 3 aromatic rings. The van der Waals surface area contributed by atoms with Gasteiger partial charge in [0, 0.05) is 23.4 Å². The van der Waals surface area contributed by atoms with Gasteiger partial charge in [0.05, 0.1) is 5.71 Å². The summed E-state index contributed by atoms with van der Waals surface area (Å²) < 4.78 is 83.5. The molecule has 0 fully saturated rings. The van der Waals surface area contributed by atoms with Crippen molar-refractivity contribution in [3.05, 3.63) is 89.2 Å². The Kier molecular flexibility index (Phi) is 5.64. The predicted octanol–water partition coefficient (Wildman–Crippen LogP) is 4.92. The van der Waals surface area contributed by atoms with Crippen molar-refractivity contribution in [3.63, 3.8) is 0 Å². The Morgan fingerprint density at radius 1 is 0.969 bits per heavy atom. The summed E-state index contributed by atoms with van der Waals surface area (Å²) in [5.41, 5.74) is 2.68. The number of anilines is 1. The van der Waals surface area contributed by atoms with Gasteiger partial charge in [0.2, 0.25) is 0 Å². The van der Waals surface area contributed by atoms with Gasteiger partial charge < -0.3 is 4.74 Å². The van der Waals surface area contributed by atoms with E-state index in [1.54, 1.807) is 18.2 Å². The zero-order chi connectivity index (χ0) is 22.9. The van der Waals surface area contributed by atoms with Crippen LogP contribution in [0.4, 0.5) is 23.2 Å². The summed E-state index contributed by atoms with van der Waals surface area (Å²) >= 11 is 0. The lowest BCUT2D eigenvalue weighted by atomic mass is 9.93. The Balaban J connectivity index is 1.67. The van der Waals surface area contributed by atoms with Gasteiger partial charge in [0.1, 0.15) is 16.5 Å². The molecule has 0 spiro atoms. The summed E-state index contributed by atoms with van der Waals surface area (Å²) in [5.74, 6) is -1.26. The molecule has 1 N–H and O–H groups in total. The van der Waals surface area contributed by atoms with Crippen molar-refractivity contribution in [2.75, 3.05) is 11.3 Å². The van der Waals surface area contributed by atoms with Crippen molar-refractivity contribution in [1.29, 1.82) is 0 Å². The number of sulfonamides is 1. The molecule has 0 bridgehead atoms. The predicted molar refractivity (Wildman–Crippen MR) is 111 cm³/mol. The van der Waals surface area contributed by atoms with Crippen molar-refractivity contribution in [2.45, 2.75) is 17.7 Å². The number of benzene rings is 3. The molecule has 4 rings (SSSR count). The summed E-state index contributed by atoms with van der Waals surface area (Å²) in [4.78, 5) is 3.80. The fourth-order valence-electron chi connectivity index (χ4n) is 3.43. The van der Waals surface area contributed by atoms with Crippen LogP contribution in [-0.2, 0) is 16.4 Å². The summed E-state index contributed by atoms with van der Waals surface area (Å²) in [6.45, 7) is 0.492. The van der Waals surface area contributed by atoms with E-state index in [1.165, 1.54) is 36.4 Å². The molecule has 0 radical (unpaired) electrons. The largest absolute Gasteiger partial charge is 0.573 e. The molecule has 0 amide bonds. The number of halogens is 4. The van der Waals surface area contributed by atoms with E-state index in [2.05, 4.69) is 14.5 Å². The lowest BCUT2D eigenvalue weighted by Gasteiger charge is -2.18. The normalized spacial score (nSPS) is 13.8. The van der Waals surface area contributed by atoms with Gasteiger partial charge in [0.25, 0.3) is 10.0 Å². The second-order valence-electron chi connectivity index (χ2n) is 6.96. The molecule has 0 atom stereocenters. The van der Waals surface area contributed by atoms with E-state index in [-0.39, 0.29) is 5.69 Å². The Hall–Kier alpha value is -3.40. The van der Waals surface area contributed by atoms with Crippen LogP contribution in [0, 0.1) is 5.82 Å². The number of hydrogen-bond acceptors (Lipinski definition) is 4. The van der Waals surface area contributed by atoms with Crippen LogP contribution in [0.5, 0.6) is 5.75 Å². The first kappa shape index (κ1) is 21.8. The fraction of sp³-hybridized carbons (Fsp3) is 0.136. The monoisotopic (exact) mass is 464 g/mol. The van der Waals surface area contributed by atoms with Crippen molar-refractivity contribution >= 4 is 21.4 Å². The van der Waals surface area contributed by atoms with E-state index in [0.29, 0.717) is 29.8 Å². The first-order valence-corrected chi connectivity index (χ1v) is 10.9. The van der Waals surface area contributed by atoms with Gasteiger partial charge in [-0.15, -0.1) is 13.2 Å². The molecule has 0 aliphatic carbocycles. The maximum Gasteiger partial charge on any atom is 0.573 e. The molecule has 1 aliphatic rings. The average molecular weight is 464 g/mol. The summed E-state index contributed by atoms with van der Waals surface area (Å²) in [6, 6.07) is 15.1. The number of rotatable bonds is 5. The number of ether oxygens (including phenoxy) is 1. The summed E-state index contributed by atoms with van der Waals surface area (Å²) in [7, 11) is -4.41. The minimum Gasteiger partial charge on any atom is -0.404 e. The van der Waals surface area contributed by atoms with Crippen LogP contribution in [0.3, 0.4) is 0 Å². The maximum atomic E-state index is 13.8. The fourth-order valence-corrected chi connectivity index (χ4v) is 4.61. The Labute approximate surface area is 181 Å². The first-order chi connectivity index (χ1) is 15.1. The highest BCUT2D eigenvalue weighted by Crippen LogP contribution is 2.31. The molecule has 0 aromatic heterocycles. The van der Waals surface area contributed by atoms with Gasteiger partial charge >= 0.3 is 6.36 Å². The van der Waals surface area contributed by atoms with Crippen molar-refractivity contribution in [2.24, 2.45) is 4.99 Å². The minimum atomic E-state index is -5.05. The number of para-hydroxylation sites is 1. The molecule has 5 nitrogen and oxygen atoms in total. The molecule has 0 saturated heterocycles. The lowest BCUT2D eigenvalue weighted by Crippen LogP contribution is -2.21. The topological polar surface area (TPSA) is 67.8 Å². The number of nitrogens with one attached hydrogen (secondary N) is 1. The van der Waals surface area contributed by atoms with Crippen molar-refractivity contribution < 1.29 is 30.7 Å². The summed E-state index contributed by atoms with van der Waals surface area (Å²) in [5, 5.41) is 0. The molecule has 0 saturated carbocycles. The zero-order valence-corrected chi connectivity index (χ0v) is 17.2. The number of alkyl halides is 3. The number of aliphatic imine (C=N–C) groups is 1. The third-order valence-electron chi connectivity index (χ3n) is 4.73. The Morgan fingerprint density at radius 3 is 2.53 bits per heavy atom. The van der Waals surface area contributed by atoms with Gasteiger partial charge in [-0.25, -0.2) is 12.8 Å². The molecule has 32 heavy (non-hydrogen) atoms. The molecule has 10 heteroatoms. The Morgan fingerprint density at radius 2 is 1.75 bits per heavy atom. The SMILES string of the molecule is O=S(=O)(Nc1cccc(C2=NCCc3ccc(F)cc32)c1)c1ccccc1OC(F)(F)F. The lowest BCUT2D eigenvalue weighted by molar-refractivity contribution is -0.275. The van der Waals surface area contributed by atoms with Crippen molar-refractivity contribution in [3.8, 4) is 5.75 Å². The van der Waals surface area contributed by atoms with Crippen molar-refractivity contribution in [1.82, 2.24) is 0 Å². The van der Waals surface area contributed by atoms with Crippen LogP contribution in [0.1, 0.15) is 16.7 Å². The minimum absolute atomic E-state index is 0.107. The maximum absolute atomic E-state index is 13.8. The third-order valence-corrected chi connectivity index (χ3v) is 6.15. The van der Waals surface area contributed by atoms with Crippen LogP contribution >= 0.6 is 0 Å². The molecular formula is C22H16F4N2O3S. The van der Waals surface area contributed by atoms with E-state index in [9.17, 15) is 26.0 Å². The smallest absolute Gasteiger partial charge is 0.404 e. The standard InChI is InChI=1S/C22H16F4N2O3S/c23-16-9-8-14-10-11-27-21(18(14)13-16)15-4-3-5-17(12-15)28-32(29,30)20-7-2-1-6-19(20)31-22(24,25)26/h1-9,12-13,28H,10-11H2. The number of fused-ring (bicyclic) bond motifs is 1. The highest BCUT2D eigenvalue weighted by molar-refractivity contribution is 7.92. The number of hydrogen-bond donors (Lipinski definition) is 1. The highest BCUT2D eigenvalue weighted by Gasteiger charge is 2.34. The number of nitrogens with zero attached hydrogens (tertiary/aromatic N) is 1. The van der Waals surface area contributed by atoms with E-state index in [4.69, 9.17) is 0 Å². The van der Waals surface area contributed by atoms with Gasteiger partial charge in [-0.05, 0) is 48.4 Å². The van der Waals surface area contributed by atoms with Gasteiger partial charge in [-0.2, -0.15) is 0 Å². The molecule has 0 unspecified atom stereocenters. The molecule has 1 aliphatic heterocycles. The van der Waals surface area contributed by atoms with Crippen LogP contribution in [0.2, 0.25) is 0 Å². The van der Waals surface area contributed by atoms with E-state index < -0.39 is 32.8 Å². The van der Waals surface area contributed by atoms with E-state index in [1.807, 2.05) is 0 Å². The average Bonchev–Trinajstić information content (AvgIpc) is 2.72. The molecule has 1 heterocycles. The second kappa shape index (κ2) is 8.27. The van der Waals surface area contributed by atoms with Gasteiger partial charge in [0.15, 0.2) is 0 Å². The van der Waals surface area contributed by atoms with Crippen LogP contribution < -0.4 is 9.46 Å². The third kappa shape index (κ3) is 4.75. The van der Waals surface area contributed by atoms with Gasteiger partial charge in [-0.3, -0.25) is 9.71 Å².